The highest BCUT2D eigenvalue weighted by Crippen LogP contribution is 2.58. The van der Waals surface area contributed by atoms with Gasteiger partial charge in [0.2, 0.25) is 5.91 Å². The van der Waals surface area contributed by atoms with E-state index in [-0.39, 0.29) is 12.2 Å². The molecule has 28 heavy (non-hydrogen) atoms. The molecule has 0 spiro atoms. The summed E-state index contributed by atoms with van der Waals surface area (Å²) in [6.07, 6.45) is 2.14. The van der Waals surface area contributed by atoms with E-state index >= 15 is 0 Å². The molecule has 0 saturated heterocycles. The molecule has 0 radical (unpaired) electrons. The zero-order valence-electron chi connectivity index (χ0n) is 15.5. The first-order valence-electron chi connectivity index (χ1n) is 8.79. The number of amides is 1. The fraction of sp³-hybridized carbons (Fsp3) is 0.300. The third-order valence-corrected chi connectivity index (χ3v) is 6.84. The second-order valence-electron chi connectivity index (χ2n) is 7.02. The van der Waals surface area contributed by atoms with Gasteiger partial charge in [-0.1, -0.05) is 23.9 Å². The summed E-state index contributed by atoms with van der Waals surface area (Å²) in [5, 5.41) is 11.5. The fourth-order valence-corrected chi connectivity index (χ4v) is 5.32. The molecule has 2 atom stereocenters. The van der Waals surface area contributed by atoms with Crippen molar-refractivity contribution in [3.05, 3.63) is 69.8 Å². The van der Waals surface area contributed by atoms with Gasteiger partial charge in [-0.3, -0.25) is 15.0 Å². The van der Waals surface area contributed by atoms with Crippen molar-refractivity contribution in [2.45, 2.75) is 30.6 Å². The van der Waals surface area contributed by atoms with Gasteiger partial charge in [0.05, 0.1) is 30.1 Å². The van der Waals surface area contributed by atoms with Crippen molar-refractivity contribution in [2.24, 2.45) is 5.73 Å². The predicted molar refractivity (Wildman–Crippen MR) is 103 cm³/mol. The Balaban J connectivity index is 1.64. The van der Waals surface area contributed by atoms with Crippen LogP contribution >= 0.6 is 11.8 Å². The van der Waals surface area contributed by atoms with Crippen LogP contribution < -0.4 is 10.5 Å². The lowest BCUT2D eigenvalue weighted by atomic mass is 9.75. The molecule has 4 rings (SSSR count). The molecular formula is C20H20FN3O3S. The van der Waals surface area contributed by atoms with Crippen molar-refractivity contribution >= 4 is 17.7 Å². The third-order valence-electron chi connectivity index (χ3n) is 5.51. The average molecular weight is 401 g/mol. The Morgan fingerprint density at radius 2 is 2.18 bits per heavy atom. The summed E-state index contributed by atoms with van der Waals surface area (Å²) in [5.41, 5.74) is 7.01. The van der Waals surface area contributed by atoms with Crippen molar-refractivity contribution in [1.29, 1.82) is 0 Å². The molecule has 0 fully saturated rings. The molecule has 1 aromatic heterocycles. The number of thioether (sulfide) groups is 1. The summed E-state index contributed by atoms with van der Waals surface area (Å²) >= 11 is 1.43. The smallest absolute Gasteiger partial charge is 0.228 e. The molecule has 1 aliphatic heterocycles. The van der Waals surface area contributed by atoms with E-state index in [4.69, 9.17) is 10.5 Å². The quantitative estimate of drug-likeness (QED) is 0.816. The van der Waals surface area contributed by atoms with Gasteiger partial charge in [0, 0.05) is 11.3 Å². The van der Waals surface area contributed by atoms with Gasteiger partial charge in [0.15, 0.2) is 0 Å². The first kappa shape index (κ1) is 18.8. The summed E-state index contributed by atoms with van der Waals surface area (Å²) in [6.45, 7) is 1.65. The summed E-state index contributed by atoms with van der Waals surface area (Å²) in [5.74, 6) is -0.270. The van der Waals surface area contributed by atoms with Crippen LogP contribution in [0.1, 0.15) is 35.0 Å². The summed E-state index contributed by atoms with van der Waals surface area (Å²) < 4.78 is 19.2. The van der Waals surface area contributed by atoms with Crippen molar-refractivity contribution in [3.63, 3.8) is 0 Å². The van der Waals surface area contributed by atoms with E-state index in [0.29, 0.717) is 34.7 Å². The normalized spacial score (nSPS) is 23.9. The lowest BCUT2D eigenvalue weighted by Crippen LogP contribution is -2.41. The van der Waals surface area contributed by atoms with Gasteiger partial charge >= 0.3 is 0 Å². The number of allylic oxidation sites excluding steroid dienone is 2. The number of methoxy groups -OCH3 is 1. The summed E-state index contributed by atoms with van der Waals surface area (Å²) in [4.78, 5) is 17.7. The Bertz CT molecular complexity index is 979. The molecule has 0 saturated carbocycles. The minimum absolute atomic E-state index is 0.220. The van der Waals surface area contributed by atoms with Crippen molar-refractivity contribution in [1.82, 2.24) is 10.0 Å². The van der Waals surface area contributed by atoms with Crippen LogP contribution in [0.4, 0.5) is 4.39 Å². The number of ether oxygens (including phenoxy) is 1. The second kappa shape index (κ2) is 6.79. The van der Waals surface area contributed by atoms with Gasteiger partial charge in [-0.15, -0.1) is 0 Å². The lowest BCUT2D eigenvalue weighted by molar-refractivity contribution is -0.124. The standard InChI is InChI=1S/C20H20FN3O3S/c1-11-13(4-3-5-14(11)21)20(19(22)25)8-16-17(9-20)28-18(24(16)26)15-7-6-12(27-2)10-23-15/h3-7,10,18,26H,8-9H2,1-2H3,(H2,22,25)/t18-,20-/m1/s1. The van der Waals surface area contributed by atoms with Crippen molar-refractivity contribution < 1.29 is 19.1 Å². The SMILES string of the molecule is COc1ccc([C@H]2SC3=C(C[C@](C(N)=O)(c4cccc(F)c4C)C3)N2O)nc1. The Hall–Kier alpha value is -2.58. The van der Waals surface area contributed by atoms with E-state index in [0.717, 1.165) is 9.97 Å². The van der Waals surface area contributed by atoms with E-state index in [2.05, 4.69) is 4.98 Å². The second-order valence-corrected chi connectivity index (χ2v) is 8.19. The van der Waals surface area contributed by atoms with Crippen LogP contribution in [0.3, 0.4) is 0 Å². The Morgan fingerprint density at radius 1 is 1.39 bits per heavy atom. The van der Waals surface area contributed by atoms with Crippen molar-refractivity contribution in [2.75, 3.05) is 7.11 Å². The molecule has 146 valence electrons. The number of rotatable bonds is 4. The van der Waals surface area contributed by atoms with Crippen LogP contribution in [0.5, 0.6) is 5.75 Å². The van der Waals surface area contributed by atoms with E-state index < -0.39 is 16.7 Å². The van der Waals surface area contributed by atoms with Gasteiger partial charge < -0.3 is 10.5 Å². The minimum Gasteiger partial charge on any atom is -0.495 e. The largest absolute Gasteiger partial charge is 0.495 e. The maximum atomic E-state index is 14.1. The minimum atomic E-state index is -1.07. The fourth-order valence-electron chi connectivity index (χ4n) is 3.94. The molecule has 0 bridgehead atoms. The molecule has 8 heteroatoms. The maximum absolute atomic E-state index is 14.1. The molecule has 2 heterocycles. The number of pyridine rings is 1. The predicted octanol–water partition coefficient (Wildman–Crippen LogP) is 3.40. The van der Waals surface area contributed by atoms with E-state index in [1.165, 1.54) is 17.8 Å². The molecule has 6 nitrogen and oxygen atoms in total. The molecule has 3 N–H and O–H groups in total. The highest BCUT2D eigenvalue weighted by Gasteiger charge is 2.52. The third kappa shape index (κ3) is 2.75. The van der Waals surface area contributed by atoms with Gasteiger partial charge in [-0.2, -0.15) is 0 Å². The van der Waals surface area contributed by atoms with Crippen LogP contribution in [-0.2, 0) is 10.2 Å². The maximum Gasteiger partial charge on any atom is 0.228 e. The molecular weight excluding hydrogens is 381 g/mol. The average Bonchev–Trinajstić information content (AvgIpc) is 3.21. The molecule has 2 aliphatic rings. The topological polar surface area (TPSA) is 88.7 Å². The number of hydrogen-bond acceptors (Lipinski definition) is 6. The van der Waals surface area contributed by atoms with Gasteiger partial charge in [-0.25, -0.2) is 9.45 Å². The van der Waals surface area contributed by atoms with Crippen LogP contribution in [0.15, 0.2) is 47.1 Å². The number of primary amides is 1. The van der Waals surface area contributed by atoms with Crippen LogP contribution in [0.2, 0.25) is 0 Å². The molecule has 1 amide bonds. The summed E-state index contributed by atoms with van der Waals surface area (Å²) in [6, 6.07) is 8.26. The Kier molecular flexibility index (Phi) is 4.55. The van der Waals surface area contributed by atoms with E-state index in [1.54, 1.807) is 44.5 Å². The van der Waals surface area contributed by atoms with Crippen molar-refractivity contribution in [3.8, 4) is 5.75 Å². The zero-order chi connectivity index (χ0) is 20.1. The van der Waals surface area contributed by atoms with Gasteiger partial charge in [-0.05, 0) is 42.7 Å². The van der Waals surface area contributed by atoms with Crippen LogP contribution in [-0.4, -0.2) is 28.3 Å². The monoisotopic (exact) mass is 401 g/mol. The number of hydroxylamine groups is 2. The zero-order valence-corrected chi connectivity index (χ0v) is 16.3. The number of nitrogens with two attached hydrogens (primary N) is 1. The highest BCUT2D eigenvalue weighted by molar-refractivity contribution is 8.03. The van der Waals surface area contributed by atoms with E-state index in [9.17, 15) is 14.4 Å². The Labute approximate surface area is 166 Å². The first-order chi connectivity index (χ1) is 13.4. The Morgan fingerprint density at radius 3 is 2.79 bits per heavy atom. The number of hydrogen-bond donors (Lipinski definition) is 2. The molecule has 1 aromatic carbocycles. The van der Waals surface area contributed by atoms with E-state index in [1.807, 2.05) is 0 Å². The lowest BCUT2D eigenvalue weighted by Gasteiger charge is -2.32. The molecule has 2 aromatic rings. The number of benzene rings is 1. The highest BCUT2D eigenvalue weighted by atomic mass is 32.2. The van der Waals surface area contributed by atoms with Crippen LogP contribution in [0, 0.1) is 12.7 Å². The number of carbonyl (C=O) groups is 1. The molecule has 1 aliphatic carbocycles. The molecule has 0 unspecified atom stereocenters. The van der Waals surface area contributed by atoms with Gasteiger partial charge in [0.25, 0.3) is 0 Å². The van der Waals surface area contributed by atoms with Gasteiger partial charge in [0.1, 0.15) is 16.9 Å². The number of aromatic nitrogens is 1. The number of halogens is 1. The number of nitrogens with zero attached hydrogens (tertiary/aromatic N) is 2. The summed E-state index contributed by atoms with van der Waals surface area (Å²) in [7, 11) is 1.56. The number of carbonyl (C=O) groups excluding carboxylic acids is 1. The van der Waals surface area contributed by atoms with Crippen LogP contribution in [0.25, 0.3) is 0 Å². The first-order valence-corrected chi connectivity index (χ1v) is 9.67.